The van der Waals surface area contributed by atoms with E-state index in [2.05, 4.69) is 22.1 Å². The van der Waals surface area contributed by atoms with E-state index in [1.165, 1.54) is 4.90 Å². The summed E-state index contributed by atoms with van der Waals surface area (Å²) in [6, 6.07) is -0.765. The van der Waals surface area contributed by atoms with Crippen molar-refractivity contribution in [2.75, 3.05) is 6.54 Å². The molecule has 0 spiro atoms. The van der Waals surface area contributed by atoms with E-state index < -0.39 is 12.0 Å². The predicted molar refractivity (Wildman–Crippen MR) is 73.8 cm³/mol. The zero-order valence-corrected chi connectivity index (χ0v) is 12.1. The number of piperidine rings is 1. The van der Waals surface area contributed by atoms with E-state index in [0.717, 1.165) is 31.5 Å². The minimum Gasteiger partial charge on any atom is -0.480 e. The third-order valence-corrected chi connectivity index (χ3v) is 4.49. The largest absolute Gasteiger partial charge is 0.480 e. The van der Waals surface area contributed by atoms with Gasteiger partial charge in [-0.2, -0.15) is 0 Å². The summed E-state index contributed by atoms with van der Waals surface area (Å²) in [5, 5.41) is 16.1. The molecule has 1 aliphatic carbocycles. The fraction of sp³-hybridized carbons (Fsp3) is 0.714. The SMILES string of the molecule is CCC1CCN(C(=O)c2n[nH]c(C3CC3)n2)C(C(=O)O)C1. The van der Waals surface area contributed by atoms with Crippen LogP contribution in [0.4, 0.5) is 0 Å². The Balaban J connectivity index is 1.76. The first-order chi connectivity index (χ1) is 10.1. The van der Waals surface area contributed by atoms with Crippen molar-refractivity contribution in [3.8, 4) is 0 Å². The second-order valence-electron chi connectivity index (χ2n) is 5.97. The number of nitrogens with zero attached hydrogens (tertiary/aromatic N) is 3. The summed E-state index contributed by atoms with van der Waals surface area (Å²) in [6.45, 7) is 2.51. The first kappa shape index (κ1) is 14.0. The topological polar surface area (TPSA) is 99.2 Å². The van der Waals surface area contributed by atoms with Crippen LogP contribution in [0.2, 0.25) is 0 Å². The van der Waals surface area contributed by atoms with Gasteiger partial charge in [0, 0.05) is 12.5 Å². The van der Waals surface area contributed by atoms with Crippen molar-refractivity contribution in [2.24, 2.45) is 5.92 Å². The molecule has 0 bridgehead atoms. The molecule has 2 heterocycles. The maximum atomic E-state index is 12.5. The molecule has 21 heavy (non-hydrogen) atoms. The van der Waals surface area contributed by atoms with Crippen LogP contribution in [0.1, 0.15) is 61.4 Å². The van der Waals surface area contributed by atoms with Crippen molar-refractivity contribution in [3.05, 3.63) is 11.6 Å². The second kappa shape index (κ2) is 5.46. The van der Waals surface area contributed by atoms with Gasteiger partial charge in [0.2, 0.25) is 5.82 Å². The summed E-state index contributed by atoms with van der Waals surface area (Å²) in [7, 11) is 0. The Bertz CT molecular complexity index is 552. The van der Waals surface area contributed by atoms with Gasteiger partial charge in [0.05, 0.1) is 0 Å². The monoisotopic (exact) mass is 292 g/mol. The van der Waals surface area contributed by atoms with Crippen LogP contribution in [0.3, 0.4) is 0 Å². The highest BCUT2D eigenvalue weighted by atomic mass is 16.4. The third kappa shape index (κ3) is 2.77. The first-order valence-corrected chi connectivity index (χ1v) is 7.56. The van der Waals surface area contributed by atoms with Gasteiger partial charge in [-0.1, -0.05) is 13.3 Å². The zero-order valence-electron chi connectivity index (χ0n) is 12.1. The van der Waals surface area contributed by atoms with Gasteiger partial charge in [-0.3, -0.25) is 9.89 Å². The van der Waals surface area contributed by atoms with Crippen molar-refractivity contribution >= 4 is 11.9 Å². The van der Waals surface area contributed by atoms with Gasteiger partial charge in [0.25, 0.3) is 5.91 Å². The molecule has 1 amide bonds. The molecule has 1 aliphatic heterocycles. The number of carboxylic acid groups (broad SMARTS) is 1. The molecule has 7 nitrogen and oxygen atoms in total. The maximum absolute atomic E-state index is 12.5. The lowest BCUT2D eigenvalue weighted by molar-refractivity contribution is -0.144. The van der Waals surface area contributed by atoms with Crippen molar-refractivity contribution in [1.29, 1.82) is 0 Å². The number of aromatic amines is 1. The van der Waals surface area contributed by atoms with Gasteiger partial charge in [-0.05, 0) is 31.6 Å². The number of nitrogens with one attached hydrogen (secondary N) is 1. The lowest BCUT2D eigenvalue weighted by Crippen LogP contribution is -2.50. The number of aromatic nitrogens is 3. The van der Waals surface area contributed by atoms with Gasteiger partial charge in [-0.15, -0.1) is 5.10 Å². The molecule has 2 atom stereocenters. The zero-order chi connectivity index (χ0) is 15.0. The summed E-state index contributed by atoms with van der Waals surface area (Å²) in [5.74, 6) is 0.274. The highest BCUT2D eigenvalue weighted by molar-refractivity contribution is 5.93. The Morgan fingerprint density at radius 2 is 2.14 bits per heavy atom. The maximum Gasteiger partial charge on any atom is 0.326 e. The number of hydrogen-bond donors (Lipinski definition) is 2. The number of rotatable bonds is 4. The van der Waals surface area contributed by atoms with Crippen molar-refractivity contribution in [1.82, 2.24) is 20.1 Å². The van der Waals surface area contributed by atoms with Gasteiger partial charge in [0.1, 0.15) is 11.9 Å². The summed E-state index contributed by atoms with van der Waals surface area (Å²) in [6.07, 6.45) is 4.44. The van der Waals surface area contributed by atoms with Crippen LogP contribution in [-0.2, 0) is 4.79 Å². The van der Waals surface area contributed by atoms with Crippen LogP contribution < -0.4 is 0 Å². The molecule has 2 aliphatic rings. The fourth-order valence-electron chi connectivity index (χ4n) is 2.92. The molecular formula is C14H20N4O3. The van der Waals surface area contributed by atoms with E-state index in [1.807, 2.05) is 0 Å². The average Bonchev–Trinajstić information content (AvgIpc) is 3.23. The van der Waals surface area contributed by atoms with Crippen LogP contribution in [0.25, 0.3) is 0 Å². The van der Waals surface area contributed by atoms with Crippen LogP contribution in [0.5, 0.6) is 0 Å². The summed E-state index contributed by atoms with van der Waals surface area (Å²) < 4.78 is 0. The third-order valence-electron chi connectivity index (χ3n) is 4.49. The molecule has 0 radical (unpaired) electrons. The Labute approximate surface area is 122 Å². The second-order valence-corrected chi connectivity index (χ2v) is 5.97. The lowest BCUT2D eigenvalue weighted by atomic mass is 9.89. The van der Waals surface area contributed by atoms with Gasteiger partial charge in [0.15, 0.2) is 0 Å². The number of carbonyl (C=O) groups is 2. The molecule has 2 unspecified atom stereocenters. The minimum absolute atomic E-state index is 0.0955. The van der Waals surface area contributed by atoms with Crippen LogP contribution in [0.15, 0.2) is 0 Å². The standard InChI is InChI=1S/C14H20N4O3/c1-2-8-5-6-18(10(7-8)14(20)21)13(19)12-15-11(16-17-12)9-3-4-9/h8-10H,2-7H2,1H3,(H,20,21)(H,15,16,17). The lowest BCUT2D eigenvalue weighted by Gasteiger charge is -2.36. The highest BCUT2D eigenvalue weighted by Gasteiger charge is 2.38. The van der Waals surface area contributed by atoms with Crippen LogP contribution >= 0.6 is 0 Å². The normalized spacial score (nSPS) is 25.9. The summed E-state index contributed by atoms with van der Waals surface area (Å²) >= 11 is 0. The molecular weight excluding hydrogens is 272 g/mol. The summed E-state index contributed by atoms with van der Waals surface area (Å²) in [5.41, 5.74) is 0. The highest BCUT2D eigenvalue weighted by Crippen LogP contribution is 2.37. The Morgan fingerprint density at radius 3 is 2.76 bits per heavy atom. The van der Waals surface area contributed by atoms with E-state index in [4.69, 9.17) is 0 Å². The molecule has 3 rings (SSSR count). The molecule has 1 saturated carbocycles. The predicted octanol–water partition coefficient (Wildman–Crippen LogP) is 1.40. The molecule has 0 aromatic carbocycles. The van der Waals surface area contributed by atoms with Gasteiger partial charge < -0.3 is 10.0 Å². The Morgan fingerprint density at radius 1 is 1.38 bits per heavy atom. The molecule has 1 saturated heterocycles. The van der Waals surface area contributed by atoms with Crippen molar-refractivity contribution in [3.63, 3.8) is 0 Å². The number of carbonyl (C=O) groups excluding carboxylic acids is 1. The number of H-pyrrole nitrogens is 1. The van der Waals surface area contributed by atoms with Crippen molar-refractivity contribution < 1.29 is 14.7 Å². The van der Waals surface area contributed by atoms with Crippen LogP contribution in [-0.4, -0.2) is 49.7 Å². The molecule has 1 aromatic heterocycles. The van der Waals surface area contributed by atoms with Gasteiger partial charge in [-0.25, -0.2) is 9.78 Å². The molecule has 1 aromatic rings. The Hall–Kier alpha value is -1.92. The van der Waals surface area contributed by atoms with Gasteiger partial charge >= 0.3 is 5.97 Å². The molecule has 7 heteroatoms. The van der Waals surface area contributed by atoms with Crippen molar-refractivity contribution in [2.45, 2.75) is 51.0 Å². The number of carboxylic acids is 1. The number of aliphatic carboxylic acids is 1. The average molecular weight is 292 g/mol. The summed E-state index contributed by atoms with van der Waals surface area (Å²) in [4.78, 5) is 29.6. The number of likely N-dealkylation sites (tertiary alicyclic amines) is 1. The van der Waals surface area contributed by atoms with E-state index >= 15 is 0 Å². The fourth-order valence-corrected chi connectivity index (χ4v) is 2.92. The molecule has 114 valence electrons. The van der Waals surface area contributed by atoms with E-state index in [-0.39, 0.29) is 11.7 Å². The number of amides is 1. The number of hydrogen-bond acceptors (Lipinski definition) is 4. The van der Waals surface area contributed by atoms with Crippen LogP contribution in [0, 0.1) is 5.92 Å². The molecule has 2 N–H and O–H groups in total. The van der Waals surface area contributed by atoms with E-state index in [9.17, 15) is 14.7 Å². The minimum atomic E-state index is -0.945. The Kier molecular flexibility index (Phi) is 3.65. The molecule has 2 fully saturated rings. The van der Waals surface area contributed by atoms with E-state index in [1.54, 1.807) is 0 Å². The van der Waals surface area contributed by atoms with E-state index in [0.29, 0.717) is 24.8 Å². The quantitative estimate of drug-likeness (QED) is 0.873. The first-order valence-electron chi connectivity index (χ1n) is 7.56. The smallest absolute Gasteiger partial charge is 0.326 e.